The number of allylic oxidation sites excluding steroid dienone is 2. The Kier molecular flexibility index (Phi) is 5.69. The van der Waals surface area contributed by atoms with Gasteiger partial charge in [0.15, 0.2) is 0 Å². The number of hydrogen-bond donors (Lipinski definition) is 1. The average Bonchev–Trinajstić information content (AvgIpc) is 2.24. The lowest BCUT2D eigenvalue weighted by atomic mass is 10.1. The molecule has 0 aromatic carbocycles. The first kappa shape index (κ1) is 11.6. The van der Waals surface area contributed by atoms with E-state index >= 15 is 0 Å². The van der Waals surface area contributed by atoms with Gasteiger partial charge in [0.05, 0.1) is 10.7 Å². The van der Waals surface area contributed by atoms with Crippen LogP contribution in [0.15, 0.2) is 16.3 Å². The standard InChI is InChI=1S/C11H18ClNO/c12-10-8-6-4-2-1-3-5-7-9-11(10)13-14/h8,14H,1-7,9H2/b10-8-,13-11?. The van der Waals surface area contributed by atoms with Crippen molar-refractivity contribution >= 4 is 17.3 Å². The van der Waals surface area contributed by atoms with Gasteiger partial charge in [-0.15, -0.1) is 0 Å². The summed E-state index contributed by atoms with van der Waals surface area (Å²) in [7, 11) is 0. The van der Waals surface area contributed by atoms with Crippen LogP contribution >= 0.6 is 11.6 Å². The van der Waals surface area contributed by atoms with Crippen molar-refractivity contribution in [3.8, 4) is 0 Å². The molecule has 0 aromatic rings. The van der Waals surface area contributed by atoms with Gasteiger partial charge in [0.25, 0.3) is 0 Å². The highest BCUT2D eigenvalue weighted by Gasteiger charge is 2.06. The Morgan fingerprint density at radius 2 is 1.71 bits per heavy atom. The minimum Gasteiger partial charge on any atom is -0.411 e. The molecule has 1 aliphatic rings. The van der Waals surface area contributed by atoms with Crippen LogP contribution in [0.2, 0.25) is 0 Å². The molecule has 0 aromatic heterocycles. The van der Waals surface area contributed by atoms with Gasteiger partial charge >= 0.3 is 0 Å². The van der Waals surface area contributed by atoms with Crippen molar-refractivity contribution in [3.05, 3.63) is 11.1 Å². The van der Waals surface area contributed by atoms with Crippen LogP contribution in [-0.4, -0.2) is 10.9 Å². The molecule has 2 nitrogen and oxygen atoms in total. The largest absolute Gasteiger partial charge is 0.411 e. The fraction of sp³-hybridized carbons (Fsp3) is 0.727. The molecular weight excluding hydrogens is 198 g/mol. The third-order valence-electron chi connectivity index (χ3n) is 2.59. The summed E-state index contributed by atoms with van der Waals surface area (Å²) in [6.07, 6.45) is 11.1. The lowest BCUT2D eigenvalue weighted by molar-refractivity contribution is 0.318. The van der Waals surface area contributed by atoms with Crippen molar-refractivity contribution in [2.24, 2.45) is 5.16 Å². The van der Waals surface area contributed by atoms with Crippen LogP contribution in [0.1, 0.15) is 51.4 Å². The van der Waals surface area contributed by atoms with Crippen molar-refractivity contribution in [1.82, 2.24) is 0 Å². The molecule has 0 saturated carbocycles. The molecule has 0 radical (unpaired) electrons. The van der Waals surface area contributed by atoms with Crippen molar-refractivity contribution < 1.29 is 5.21 Å². The second kappa shape index (κ2) is 6.88. The van der Waals surface area contributed by atoms with E-state index in [1.165, 1.54) is 32.1 Å². The predicted octanol–water partition coefficient (Wildman–Crippen LogP) is 4.07. The van der Waals surface area contributed by atoms with Gasteiger partial charge in [0.1, 0.15) is 0 Å². The first-order valence-electron chi connectivity index (χ1n) is 5.41. The zero-order chi connectivity index (χ0) is 10.2. The second-order valence-electron chi connectivity index (χ2n) is 3.76. The fourth-order valence-electron chi connectivity index (χ4n) is 1.71. The van der Waals surface area contributed by atoms with Gasteiger partial charge in [-0.25, -0.2) is 0 Å². The number of nitrogens with zero attached hydrogens (tertiary/aromatic N) is 1. The molecule has 0 bridgehead atoms. The molecule has 0 atom stereocenters. The molecule has 0 saturated heterocycles. The lowest BCUT2D eigenvalue weighted by Gasteiger charge is -2.01. The SMILES string of the molecule is ON=C1CCCCCCCC/C=C/1Cl. The monoisotopic (exact) mass is 215 g/mol. The van der Waals surface area contributed by atoms with E-state index in [9.17, 15) is 0 Å². The Morgan fingerprint density at radius 3 is 2.43 bits per heavy atom. The molecule has 80 valence electrons. The number of rotatable bonds is 0. The summed E-state index contributed by atoms with van der Waals surface area (Å²) in [6, 6.07) is 0. The van der Waals surface area contributed by atoms with Crippen molar-refractivity contribution in [2.45, 2.75) is 51.4 Å². The minimum absolute atomic E-state index is 0.634. The fourth-order valence-corrected chi connectivity index (χ4v) is 1.95. The van der Waals surface area contributed by atoms with Gasteiger partial charge in [0, 0.05) is 0 Å². The summed E-state index contributed by atoms with van der Waals surface area (Å²) in [6.45, 7) is 0. The van der Waals surface area contributed by atoms with Gasteiger partial charge in [-0.2, -0.15) is 0 Å². The van der Waals surface area contributed by atoms with E-state index < -0.39 is 0 Å². The molecule has 0 amide bonds. The van der Waals surface area contributed by atoms with E-state index in [-0.39, 0.29) is 0 Å². The Hall–Kier alpha value is -0.500. The van der Waals surface area contributed by atoms with Crippen LogP contribution in [-0.2, 0) is 0 Å². The number of halogens is 1. The van der Waals surface area contributed by atoms with Crippen LogP contribution in [0.5, 0.6) is 0 Å². The Bertz CT molecular complexity index is 223. The molecule has 1 N–H and O–H groups in total. The normalized spacial score (nSPS) is 27.8. The van der Waals surface area contributed by atoms with Crippen LogP contribution < -0.4 is 0 Å². The highest BCUT2D eigenvalue weighted by Crippen LogP contribution is 2.17. The minimum atomic E-state index is 0.634. The van der Waals surface area contributed by atoms with Crippen molar-refractivity contribution in [2.75, 3.05) is 0 Å². The van der Waals surface area contributed by atoms with Crippen molar-refractivity contribution in [3.63, 3.8) is 0 Å². The second-order valence-corrected chi connectivity index (χ2v) is 4.17. The number of oxime groups is 1. The third kappa shape index (κ3) is 4.14. The smallest absolute Gasteiger partial charge is 0.0978 e. The molecule has 1 aliphatic carbocycles. The maximum absolute atomic E-state index is 8.77. The summed E-state index contributed by atoms with van der Waals surface area (Å²) in [5, 5.41) is 12.7. The summed E-state index contributed by atoms with van der Waals surface area (Å²) < 4.78 is 0. The maximum Gasteiger partial charge on any atom is 0.0978 e. The molecule has 14 heavy (non-hydrogen) atoms. The summed E-state index contributed by atoms with van der Waals surface area (Å²) in [4.78, 5) is 0. The highest BCUT2D eigenvalue weighted by atomic mass is 35.5. The quantitative estimate of drug-likeness (QED) is 0.480. The van der Waals surface area contributed by atoms with Crippen LogP contribution in [0.4, 0.5) is 0 Å². The van der Waals surface area contributed by atoms with Gasteiger partial charge in [-0.1, -0.05) is 48.5 Å². The van der Waals surface area contributed by atoms with Gasteiger partial charge in [-0.05, 0) is 25.7 Å². The summed E-state index contributed by atoms with van der Waals surface area (Å²) >= 11 is 6.01. The molecular formula is C11H18ClNO. The van der Waals surface area contributed by atoms with E-state index in [2.05, 4.69) is 5.16 Å². The van der Waals surface area contributed by atoms with E-state index in [1.807, 2.05) is 6.08 Å². The van der Waals surface area contributed by atoms with Gasteiger partial charge < -0.3 is 5.21 Å². The third-order valence-corrected chi connectivity index (χ3v) is 2.96. The zero-order valence-corrected chi connectivity index (χ0v) is 9.26. The van der Waals surface area contributed by atoms with E-state index in [0.717, 1.165) is 19.3 Å². The Labute approximate surface area is 90.6 Å². The topological polar surface area (TPSA) is 32.6 Å². The summed E-state index contributed by atoms with van der Waals surface area (Å²) in [5.41, 5.74) is 0.647. The summed E-state index contributed by atoms with van der Waals surface area (Å²) in [5.74, 6) is 0. The Morgan fingerprint density at radius 1 is 1.07 bits per heavy atom. The molecule has 0 aliphatic heterocycles. The van der Waals surface area contributed by atoms with Gasteiger partial charge in [0.2, 0.25) is 0 Å². The van der Waals surface area contributed by atoms with Crippen molar-refractivity contribution in [1.29, 1.82) is 0 Å². The first-order chi connectivity index (χ1) is 6.84. The number of hydrogen-bond acceptors (Lipinski definition) is 2. The molecule has 0 fully saturated rings. The Balaban J connectivity index is 2.55. The van der Waals surface area contributed by atoms with Crippen LogP contribution in [0, 0.1) is 0 Å². The molecule has 1 rings (SSSR count). The highest BCUT2D eigenvalue weighted by molar-refractivity contribution is 6.43. The average molecular weight is 216 g/mol. The first-order valence-corrected chi connectivity index (χ1v) is 5.79. The molecule has 3 heteroatoms. The molecule has 0 spiro atoms. The predicted molar refractivity (Wildman–Crippen MR) is 60.1 cm³/mol. The maximum atomic E-state index is 8.77. The van der Waals surface area contributed by atoms with Crippen LogP contribution in [0.3, 0.4) is 0 Å². The van der Waals surface area contributed by atoms with Gasteiger partial charge in [-0.3, -0.25) is 0 Å². The zero-order valence-electron chi connectivity index (χ0n) is 8.51. The van der Waals surface area contributed by atoms with E-state index in [4.69, 9.17) is 16.8 Å². The lowest BCUT2D eigenvalue weighted by Crippen LogP contribution is -1.98. The molecule has 0 heterocycles. The molecule has 0 unspecified atom stereocenters. The van der Waals surface area contributed by atoms with E-state index in [1.54, 1.807) is 0 Å². The van der Waals surface area contributed by atoms with Crippen LogP contribution in [0.25, 0.3) is 0 Å². The van der Waals surface area contributed by atoms with E-state index in [0.29, 0.717) is 10.7 Å².